The lowest BCUT2D eigenvalue weighted by Crippen LogP contribution is -2.65. The number of aldehydes is 1. The second-order valence-corrected chi connectivity index (χ2v) is 16.9. The minimum Gasteiger partial charge on any atom is -0.471 e. The summed E-state index contributed by atoms with van der Waals surface area (Å²) in [5.74, 6) is -3.12. The maximum atomic E-state index is 13.5. The fourth-order valence-corrected chi connectivity index (χ4v) is 5.14. The number of hydrogen-bond donors (Lipinski definition) is 0. The van der Waals surface area contributed by atoms with E-state index >= 15 is 0 Å². The highest BCUT2D eigenvalue weighted by atomic mass is 16.8. The van der Waals surface area contributed by atoms with Crippen molar-refractivity contribution < 1.29 is 57.1 Å². The van der Waals surface area contributed by atoms with E-state index in [4.69, 9.17) is 33.2 Å². The zero-order valence-electron chi connectivity index (χ0n) is 30.7. The molecule has 2 heterocycles. The highest BCUT2D eigenvalue weighted by Crippen LogP contribution is 2.44. The van der Waals surface area contributed by atoms with Gasteiger partial charge in [0.1, 0.15) is 19.0 Å². The van der Waals surface area contributed by atoms with Gasteiger partial charge in [0.15, 0.2) is 18.3 Å². The Morgan fingerprint density at radius 1 is 0.729 bits per heavy atom. The third-order valence-electron chi connectivity index (χ3n) is 8.27. The van der Waals surface area contributed by atoms with Crippen molar-refractivity contribution in [3.8, 4) is 0 Å². The lowest BCUT2D eigenvalue weighted by atomic mass is 9.84. The summed E-state index contributed by atoms with van der Waals surface area (Å²) in [7, 11) is 0. The van der Waals surface area contributed by atoms with Crippen LogP contribution in [0.25, 0.3) is 0 Å². The lowest BCUT2D eigenvalue weighted by Gasteiger charge is -2.47. The van der Waals surface area contributed by atoms with Crippen molar-refractivity contribution in [1.29, 1.82) is 0 Å². The van der Waals surface area contributed by atoms with E-state index in [2.05, 4.69) is 0 Å². The Hall–Kier alpha value is -3.25. The summed E-state index contributed by atoms with van der Waals surface area (Å²) in [5.41, 5.74) is -2.47. The minimum atomic E-state index is -1.46. The Morgan fingerprint density at radius 2 is 1.21 bits per heavy atom. The minimum absolute atomic E-state index is 0.209. The van der Waals surface area contributed by atoms with Crippen LogP contribution in [-0.4, -0.2) is 73.8 Å². The molecule has 0 aromatic carbocycles. The van der Waals surface area contributed by atoms with Crippen LogP contribution in [0.1, 0.15) is 96.4 Å². The second-order valence-electron chi connectivity index (χ2n) is 16.9. The number of rotatable bonds is 8. The van der Waals surface area contributed by atoms with E-state index in [-0.39, 0.29) is 11.8 Å². The molecule has 0 aromatic heterocycles. The van der Waals surface area contributed by atoms with Gasteiger partial charge in [0.2, 0.25) is 12.6 Å². The van der Waals surface area contributed by atoms with Crippen molar-refractivity contribution in [3.05, 3.63) is 23.5 Å². The third kappa shape index (κ3) is 9.25. The van der Waals surface area contributed by atoms with Crippen molar-refractivity contribution in [3.63, 3.8) is 0 Å². The van der Waals surface area contributed by atoms with Gasteiger partial charge in [-0.25, -0.2) is 0 Å². The molecule has 1 saturated heterocycles. The van der Waals surface area contributed by atoms with Crippen molar-refractivity contribution in [1.82, 2.24) is 0 Å². The summed E-state index contributed by atoms with van der Waals surface area (Å²) in [6.07, 6.45) is -3.28. The number of allylic oxidation sites excluding steroid dienone is 2. The molecule has 8 atom stereocenters. The summed E-state index contributed by atoms with van der Waals surface area (Å²) in [6, 6.07) is 0. The highest BCUT2D eigenvalue weighted by Gasteiger charge is 2.56. The molecule has 1 fully saturated rings. The Balaban J connectivity index is 2.16. The Morgan fingerprint density at radius 3 is 1.69 bits per heavy atom. The highest BCUT2D eigenvalue weighted by molar-refractivity contribution is 5.78. The first kappa shape index (κ1) is 39.2. The first-order valence-corrected chi connectivity index (χ1v) is 16.4. The van der Waals surface area contributed by atoms with Crippen molar-refractivity contribution in [2.75, 3.05) is 6.61 Å². The molecule has 2 aliphatic heterocycles. The maximum Gasteiger partial charge on any atom is 0.311 e. The van der Waals surface area contributed by atoms with Gasteiger partial charge in [0.05, 0.1) is 27.9 Å². The smallest absolute Gasteiger partial charge is 0.311 e. The molecule has 1 aliphatic carbocycles. The lowest BCUT2D eigenvalue weighted by molar-refractivity contribution is -0.344. The van der Waals surface area contributed by atoms with Gasteiger partial charge in [-0.05, 0) is 96.4 Å². The van der Waals surface area contributed by atoms with E-state index in [0.29, 0.717) is 12.0 Å². The van der Waals surface area contributed by atoms with Crippen LogP contribution in [0.15, 0.2) is 23.5 Å². The number of esters is 4. The van der Waals surface area contributed by atoms with E-state index in [1.165, 1.54) is 6.26 Å². The van der Waals surface area contributed by atoms with Gasteiger partial charge < -0.3 is 33.2 Å². The molecule has 0 saturated carbocycles. The fraction of sp³-hybridized carbons (Fsp3) is 0.750. The largest absolute Gasteiger partial charge is 0.471 e. The average molecular weight is 679 g/mol. The van der Waals surface area contributed by atoms with E-state index in [1.54, 1.807) is 83.1 Å². The summed E-state index contributed by atoms with van der Waals surface area (Å²) < 4.78 is 42.5. The predicted molar refractivity (Wildman–Crippen MR) is 173 cm³/mol. The van der Waals surface area contributed by atoms with Gasteiger partial charge >= 0.3 is 23.9 Å². The SMILES string of the molecule is CC1=CC[C@@H]2C(C=O)=CO[C@@H](O[C@@H]3O[C@H](COC(=O)C(C)(C)C)[C@@H](OC(=O)C(C)(C)C)[C@H](OC(=O)C(C)(C)C)[C@H]3OC(=O)C(C)(C)C)[C@H]12. The van der Waals surface area contributed by atoms with Crippen LogP contribution in [0.2, 0.25) is 0 Å². The van der Waals surface area contributed by atoms with Crippen LogP contribution in [0.4, 0.5) is 0 Å². The molecular formula is C36H54O12. The average Bonchev–Trinajstić information content (AvgIpc) is 3.34. The number of hydrogen-bond acceptors (Lipinski definition) is 12. The van der Waals surface area contributed by atoms with E-state index in [0.717, 1.165) is 11.9 Å². The summed E-state index contributed by atoms with van der Waals surface area (Å²) >= 11 is 0. The number of ether oxygens (including phenoxy) is 7. The van der Waals surface area contributed by atoms with Gasteiger partial charge in [0, 0.05) is 17.4 Å². The fourth-order valence-electron chi connectivity index (χ4n) is 5.14. The Bertz CT molecular complexity index is 1300. The van der Waals surface area contributed by atoms with Gasteiger partial charge in [-0.3, -0.25) is 24.0 Å². The Kier molecular flexibility index (Phi) is 11.7. The molecule has 0 aromatic rings. The zero-order chi connectivity index (χ0) is 36.6. The normalized spacial score (nSPS) is 29.4. The first-order chi connectivity index (χ1) is 21.9. The standard InChI is InChI=1S/C36H54O12/c1-19-14-15-21-20(16-37)17-42-27(23(19)21)48-28-26(47-32(41)36(11,12)13)25(46-31(40)35(8,9)10)24(45-30(39)34(5,6)7)22(44-28)18-43-29(38)33(2,3)4/h14,16-17,21-28H,15,18H2,1-13H3/t21-,22-,23-,24-,25+,26-,27+,28+/m1/s1. The van der Waals surface area contributed by atoms with Crippen molar-refractivity contribution >= 4 is 30.2 Å². The van der Waals surface area contributed by atoms with Gasteiger partial charge in [-0.2, -0.15) is 0 Å². The molecule has 0 amide bonds. The second kappa shape index (κ2) is 14.3. The monoisotopic (exact) mass is 678 g/mol. The molecule has 270 valence electrons. The molecule has 0 N–H and O–H groups in total. The van der Waals surface area contributed by atoms with Crippen LogP contribution < -0.4 is 0 Å². The molecule has 0 bridgehead atoms. The van der Waals surface area contributed by atoms with Crippen LogP contribution in [-0.2, 0) is 57.1 Å². The predicted octanol–water partition coefficient (Wildman–Crippen LogP) is 5.21. The van der Waals surface area contributed by atoms with Gasteiger partial charge in [0.25, 0.3) is 0 Å². The molecule has 3 rings (SSSR count). The van der Waals surface area contributed by atoms with Gasteiger partial charge in [-0.1, -0.05) is 11.6 Å². The van der Waals surface area contributed by atoms with Gasteiger partial charge in [-0.15, -0.1) is 0 Å². The molecule has 48 heavy (non-hydrogen) atoms. The number of fused-ring (bicyclic) bond motifs is 1. The summed E-state index contributed by atoms with van der Waals surface area (Å²) in [6.45, 7) is 21.4. The van der Waals surface area contributed by atoms with Crippen LogP contribution in [0.5, 0.6) is 0 Å². The number of carbonyl (C=O) groups excluding carboxylic acids is 5. The van der Waals surface area contributed by atoms with E-state index in [9.17, 15) is 24.0 Å². The Labute approximate surface area is 284 Å². The molecule has 0 spiro atoms. The molecule has 3 aliphatic rings. The van der Waals surface area contributed by atoms with Crippen LogP contribution >= 0.6 is 0 Å². The third-order valence-corrected chi connectivity index (χ3v) is 8.27. The van der Waals surface area contributed by atoms with Crippen molar-refractivity contribution in [2.45, 2.75) is 133 Å². The zero-order valence-corrected chi connectivity index (χ0v) is 30.7. The van der Waals surface area contributed by atoms with Crippen LogP contribution in [0.3, 0.4) is 0 Å². The molecule has 0 unspecified atom stereocenters. The first-order valence-electron chi connectivity index (χ1n) is 16.4. The topological polar surface area (TPSA) is 150 Å². The van der Waals surface area contributed by atoms with E-state index in [1.807, 2.05) is 13.0 Å². The maximum absolute atomic E-state index is 13.5. The van der Waals surface area contributed by atoms with Crippen LogP contribution in [0, 0.1) is 33.5 Å². The molecule has 12 nitrogen and oxygen atoms in total. The van der Waals surface area contributed by atoms with Crippen molar-refractivity contribution in [2.24, 2.45) is 33.5 Å². The summed E-state index contributed by atoms with van der Waals surface area (Å²) in [5, 5.41) is 0. The molecule has 0 radical (unpaired) electrons. The quantitative estimate of drug-likeness (QED) is 0.143. The number of carbonyl (C=O) groups is 5. The summed E-state index contributed by atoms with van der Waals surface area (Å²) in [4.78, 5) is 65.1. The molecular weight excluding hydrogens is 624 g/mol. The molecule has 12 heteroatoms. The van der Waals surface area contributed by atoms with E-state index < -0.39 is 89.1 Å².